The van der Waals surface area contributed by atoms with Gasteiger partial charge < -0.3 is 18.9 Å². The first-order chi connectivity index (χ1) is 8.65. The van der Waals surface area contributed by atoms with E-state index in [0.29, 0.717) is 13.2 Å². The molecular weight excluding hydrogens is 232 g/mol. The van der Waals surface area contributed by atoms with Gasteiger partial charge >= 0.3 is 0 Å². The van der Waals surface area contributed by atoms with Crippen LogP contribution < -0.4 is 9.47 Å². The third-order valence-corrected chi connectivity index (χ3v) is 2.21. The van der Waals surface area contributed by atoms with Crippen molar-refractivity contribution in [1.29, 1.82) is 0 Å². The molecule has 0 aromatic heterocycles. The van der Waals surface area contributed by atoms with Gasteiger partial charge in [0, 0.05) is 19.3 Å². The Morgan fingerprint density at radius 3 is 1.72 bits per heavy atom. The molecular formula is C14H22O4. The molecule has 0 bridgehead atoms. The van der Waals surface area contributed by atoms with E-state index in [1.807, 2.05) is 52.0 Å². The minimum absolute atomic E-state index is 0.269. The summed E-state index contributed by atoms with van der Waals surface area (Å²) < 4.78 is 21.8. The molecule has 0 aliphatic rings. The average Bonchev–Trinajstić information content (AvgIpc) is 2.29. The van der Waals surface area contributed by atoms with Gasteiger partial charge in [-0.15, -0.1) is 0 Å². The van der Waals surface area contributed by atoms with E-state index in [1.54, 1.807) is 0 Å². The van der Waals surface area contributed by atoms with Crippen molar-refractivity contribution in [2.24, 2.45) is 0 Å². The van der Waals surface area contributed by atoms with Gasteiger partial charge in [-0.2, -0.15) is 0 Å². The molecule has 4 nitrogen and oxygen atoms in total. The lowest BCUT2D eigenvalue weighted by atomic mass is 10.3. The average molecular weight is 254 g/mol. The lowest BCUT2D eigenvalue weighted by molar-refractivity contribution is -0.0649. The van der Waals surface area contributed by atoms with Crippen LogP contribution in [0.5, 0.6) is 11.5 Å². The van der Waals surface area contributed by atoms with E-state index >= 15 is 0 Å². The molecule has 2 unspecified atom stereocenters. The van der Waals surface area contributed by atoms with E-state index in [4.69, 9.17) is 18.9 Å². The fraction of sp³-hybridized carbons (Fsp3) is 0.571. The van der Waals surface area contributed by atoms with Crippen molar-refractivity contribution >= 4 is 0 Å². The second kappa shape index (κ2) is 7.95. The largest absolute Gasteiger partial charge is 0.465 e. The molecule has 1 rings (SSSR count). The molecule has 0 radical (unpaired) electrons. The maximum atomic E-state index is 5.59. The molecule has 1 aromatic carbocycles. The van der Waals surface area contributed by atoms with E-state index in [2.05, 4.69) is 0 Å². The Morgan fingerprint density at radius 2 is 1.33 bits per heavy atom. The molecule has 0 amide bonds. The van der Waals surface area contributed by atoms with Crippen LogP contribution in [0.4, 0.5) is 0 Å². The number of rotatable bonds is 8. The van der Waals surface area contributed by atoms with Crippen LogP contribution in [0.2, 0.25) is 0 Å². The third-order valence-electron chi connectivity index (χ3n) is 2.21. The normalized spacial score (nSPS) is 14.0. The summed E-state index contributed by atoms with van der Waals surface area (Å²) in [7, 11) is 0. The zero-order valence-corrected chi connectivity index (χ0v) is 11.5. The van der Waals surface area contributed by atoms with Gasteiger partial charge in [-0.3, -0.25) is 0 Å². The number of ether oxygens (including phenoxy) is 4. The maximum Gasteiger partial charge on any atom is 0.196 e. The minimum Gasteiger partial charge on any atom is -0.465 e. The molecule has 1 aromatic rings. The summed E-state index contributed by atoms with van der Waals surface area (Å²) in [5, 5.41) is 0. The van der Waals surface area contributed by atoms with Crippen molar-refractivity contribution in [1.82, 2.24) is 0 Å². The highest BCUT2D eigenvalue weighted by molar-refractivity contribution is 5.33. The van der Waals surface area contributed by atoms with E-state index in [1.165, 1.54) is 0 Å². The van der Waals surface area contributed by atoms with E-state index in [9.17, 15) is 0 Å². The van der Waals surface area contributed by atoms with Gasteiger partial charge in [-0.1, -0.05) is 6.07 Å². The van der Waals surface area contributed by atoms with Crippen LogP contribution in [0.25, 0.3) is 0 Å². The number of hydrogen-bond donors (Lipinski definition) is 0. The van der Waals surface area contributed by atoms with Gasteiger partial charge in [-0.25, -0.2) is 0 Å². The van der Waals surface area contributed by atoms with Crippen molar-refractivity contribution in [3.8, 4) is 11.5 Å². The van der Waals surface area contributed by atoms with Crippen LogP contribution in [0, 0.1) is 0 Å². The predicted octanol–water partition coefficient (Wildman–Crippen LogP) is 3.21. The summed E-state index contributed by atoms with van der Waals surface area (Å²) in [6, 6.07) is 7.44. The fourth-order valence-corrected chi connectivity index (χ4v) is 1.54. The second-order valence-corrected chi connectivity index (χ2v) is 3.76. The zero-order chi connectivity index (χ0) is 13.4. The van der Waals surface area contributed by atoms with Crippen LogP contribution in [0.15, 0.2) is 24.3 Å². The first-order valence-electron chi connectivity index (χ1n) is 6.32. The summed E-state index contributed by atoms with van der Waals surface area (Å²) in [6.45, 7) is 8.84. The third kappa shape index (κ3) is 5.38. The van der Waals surface area contributed by atoms with Crippen LogP contribution in [0.3, 0.4) is 0 Å². The van der Waals surface area contributed by atoms with Crippen molar-refractivity contribution < 1.29 is 18.9 Å². The summed E-state index contributed by atoms with van der Waals surface area (Å²) in [5.74, 6) is 1.44. The molecule has 0 fully saturated rings. The molecule has 102 valence electrons. The van der Waals surface area contributed by atoms with Gasteiger partial charge in [0.2, 0.25) is 0 Å². The van der Waals surface area contributed by atoms with Gasteiger partial charge in [0.1, 0.15) is 11.5 Å². The smallest absolute Gasteiger partial charge is 0.196 e. The lowest BCUT2D eigenvalue weighted by Gasteiger charge is -2.17. The van der Waals surface area contributed by atoms with Crippen molar-refractivity contribution in [2.75, 3.05) is 13.2 Å². The Hall–Kier alpha value is -1.26. The van der Waals surface area contributed by atoms with Crippen LogP contribution in [-0.2, 0) is 9.47 Å². The summed E-state index contributed by atoms with van der Waals surface area (Å²) in [4.78, 5) is 0. The number of benzene rings is 1. The Balaban J connectivity index is 2.56. The molecule has 4 heteroatoms. The van der Waals surface area contributed by atoms with Crippen LogP contribution >= 0.6 is 0 Å². The summed E-state index contributed by atoms with van der Waals surface area (Å²) in [5.41, 5.74) is 0. The Labute approximate surface area is 109 Å². The monoisotopic (exact) mass is 254 g/mol. The maximum absolute atomic E-state index is 5.59. The summed E-state index contributed by atoms with van der Waals surface area (Å²) in [6.07, 6.45) is -0.538. The van der Waals surface area contributed by atoms with Crippen molar-refractivity contribution in [3.05, 3.63) is 24.3 Å². The SMILES string of the molecule is CCOC(C)Oc1cccc(OC(C)OCC)c1. The molecule has 18 heavy (non-hydrogen) atoms. The standard InChI is InChI=1S/C14H22O4/c1-5-15-11(3)17-13-8-7-9-14(10-13)18-12(4)16-6-2/h7-12H,5-6H2,1-4H3. The highest BCUT2D eigenvalue weighted by Crippen LogP contribution is 2.21. The minimum atomic E-state index is -0.269. The Bertz CT molecular complexity index is 311. The highest BCUT2D eigenvalue weighted by atomic mass is 16.7. The quantitative estimate of drug-likeness (QED) is 0.667. The molecule has 0 heterocycles. The molecule has 0 N–H and O–H groups in total. The zero-order valence-electron chi connectivity index (χ0n) is 11.5. The van der Waals surface area contributed by atoms with Crippen LogP contribution in [-0.4, -0.2) is 25.8 Å². The summed E-state index contributed by atoms with van der Waals surface area (Å²) >= 11 is 0. The highest BCUT2D eigenvalue weighted by Gasteiger charge is 2.06. The van der Waals surface area contributed by atoms with E-state index < -0.39 is 0 Å². The molecule has 2 atom stereocenters. The first-order valence-corrected chi connectivity index (χ1v) is 6.32. The molecule has 0 spiro atoms. The lowest BCUT2D eigenvalue weighted by Crippen LogP contribution is -2.17. The second-order valence-electron chi connectivity index (χ2n) is 3.76. The van der Waals surface area contributed by atoms with Gasteiger partial charge in [-0.05, 0) is 39.8 Å². The predicted molar refractivity (Wildman–Crippen MR) is 69.9 cm³/mol. The Kier molecular flexibility index (Phi) is 6.54. The Morgan fingerprint density at radius 1 is 0.889 bits per heavy atom. The fourth-order valence-electron chi connectivity index (χ4n) is 1.54. The molecule has 0 aliphatic heterocycles. The van der Waals surface area contributed by atoms with E-state index in [-0.39, 0.29) is 12.6 Å². The molecule has 0 saturated heterocycles. The first kappa shape index (κ1) is 14.8. The van der Waals surface area contributed by atoms with Gasteiger partial charge in [0.25, 0.3) is 0 Å². The molecule has 0 aliphatic carbocycles. The number of hydrogen-bond acceptors (Lipinski definition) is 4. The topological polar surface area (TPSA) is 36.9 Å². The van der Waals surface area contributed by atoms with Crippen molar-refractivity contribution in [3.63, 3.8) is 0 Å². The van der Waals surface area contributed by atoms with E-state index in [0.717, 1.165) is 11.5 Å². The van der Waals surface area contributed by atoms with Crippen LogP contribution in [0.1, 0.15) is 27.7 Å². The van der Waals surface area contributed by atoms with Crippen molar-refractivity contribution in [2.45, 2.75) is 40.3 Å². The molecule has 0 saturated carbocycles. The van der Waals surface area contributed by atoms with Gasteiger partial charge in [0.05, 0.1) is 0 Å². The van der Waals surface area contributed by atoms with Gasteiger partial charge in [0.15, 0.2) is 12.6 Å².